The summed E-state index contributed by atoms with van der Waals surface area (Å²) in [4.78, 5) is 10.3. The molecule has 46 valence electrons. The molecule has 1 rings (SSSR count). The normalized spacial score (nSPS) is 28.2. The monoisotopic (exact) mass is 116 g/mol. The quantitative estimate of drug-likeness (QED) is 0.304. The second-order valence-corrected chi connectivity index (χ2v) is 1.54. The average molecular weight is 116 g/mol. The lowest BCUT2D eigenvalue weighted by Gasteiger charge is -2.01. The second kappa shape index (κ2) is 2.08. The minimum atomic E-state index is -0.407. The molecule has 1 fully saturated rings. The second-order valence-electron chi connectivity index (χ2n) is 1.54. The third-order valence-electron chi connectivity index (χ3n) is 0.925. The number of carbonyl (C=O) groups is 1. The molecule has 0 saturated carbocycles. The molecule has 0 radical (unpaired) electrons. The van der Waals surface area contributed by atoms with E-state index < -0.39 is 12.1 Å². The van der Waals surface area contributed by atoms with Crippen molar-refractivity contribution in [2.75, 3.05) is 6.67 Å². The Morgan fingerprint density at radius 2 is 2.50 bits per heavy atom. The van der Waals surface area contributed by atoms with Crippen molar-refractivity contribution in [3.63, 3.8) is 0 Å². The molecule has 5 heteroatoms. The van der Waals surface area contributed by atoms with Gasteiger partial charge in [0.2, 0.25) is 0 Å². The molecule has 0 aromatic rings. The topological polar surface area (TPSA) is 79.2 Å². The maximum Gasteiger partial charge on any atom is 0.250 e. The first-order valence-corrected chi connectivity index (χ1v) is 2.32. The highest BCUT2D eigenvalue weighted by Gasteiger charge is 2.16. The van der Waals surface area contributed by atoms with Gasteiger partial charge in [0.15, 0.2) is 6.17 Å². The Labute approximate surface area is 46.6 Å². The van der Waals surface area contributed by atoms with Gasteiger partial charge in [0, 0.05) is 0 Å². The molecule has 5 N–H and O–H groups in total. The SMILES string of the molecule is NC(=O)C1NCNN1. The summed E-state index contributed by atoms with van der Waals surface area (Å²) in [6.07, 6.45) is -0.407. The summed E-state index contributed by atoms with van der Waals surface area (Å²) in [6.45, 7) is 0.577. The van der Waals surface area contributed by atoms with E-state index in [2.05, 4.69) is 16.2 Å². The summed E-state index contributed by atoms with van der Waals surface area (Å²) in [7, 11) is 0. The highest BCUT2D eigenvalue weighted by atomic mass is 16.2. The van der Waals surface area contributed by atoms with Crippen LogP contribution >= 0.6 is 0 Å². The van der Waals surface area contributed by atoms with Gasteiger partial charge in [-0.25, -0.2) is 10.9 Å². The number of carbonyl (C=O) groups excluding carboxylic acids is 1. The summed E-state index contributed by atoms with van der Waals surface area (Å²) in [5, 5.41) is 2.76. The zero-order valence-corrected chi connectivity index (χ0v) is 4.27. The first-order chi connectivity index (χ1) is 3.80. The van der Waals surface area contributed by atoms with Crippen molar-refractivity contribution in [3.05, 3.63) is 0 Å². The number of nitrogens with one attached hydrogen (secondary N) is 3. The molecular formula is C3H8N4O. The molecule has 5 nitrogen and oxygen atoms in total. The number of hydrogen-bond donors (Lipinski definition) is 4. The molecule has 1 aliphatic rings. The molecule has 1 amide bonds. The van der Waals surface area contributed by atoms with Gasteiger partial charge in [-0.15, -0.1) is 0 Å². The van der Waals surface area contributed by atoms with Gasteiger partial charge in [-0.05, 0) is 0 Å². The Morgan fingerprint density at radius 1 is 1.75 bits per heavy atom. The maximum absolute atomic E-state index is 10.3. The number of nitrogens with two attached hydrogens (primary N) is 1. The molecule has 1 aliphatic heterocycles. The van der Waals surface area contributed by atoms with Crippen molar-refractivity contribution in [3.8, 4) is 0 Å². The van der Waals surface area contributed by atoms with Crippen LogP contribution in [0.3, 0.4) is 0 Å². The summed E-state index contributed by atoms with van der Waals surface area (Å²) >= 11 is 0. The van der Waals surface area contributed by atoms with Crippen LogP contribution < -0.4 is 21.9 Å². The molecule has 0 bridgehead atoms. The van der Waals surface area contributed by atoms with Crippen LogP contribution in [0.1, 0.15) is 0 Å². The maximum atomic E-state index is 10.3. The van der Waals surface area contributed by atoms with Crippen molar-refractivity contribution in [2.24, 2.45) is 5.73 Å². The van der Waals surface area contributed by atoms with Crippen molar-refractivity contribution in [1.29, 1.82) is 0 Å². The van der Waals surface area contributed by atoms with Crippen molar-refractivity contribution >= 4 is 5.91 Å². The van der Waals surface area contributed by atoms with Gasteiger partial charge in [-0.2, -0.15) is 0 Å². The fourth-order valence-corrected chi connectivity index (χ4v) is 0.529. The van der Waals surface area contributed by atoms with E-state index in [1.807, 2.05) is 0 Å². The van der Waals surface area contributed by atoms with E-state index in [9.17, 15) is 4.79 Å². The number of rotatable bonds is 1. The molecular weight excluding hydrogens is 108 g/mol. The van der Waals surface area contributed by atoms with Gasteiger partial charge in [0.25, 0.3) is 5.91 Å². The zero-order valence-electron chi connectivity index (χ0n) is 4.27. The van der Waals surface area contributed by atoms with Crippen LogP contribution in [0.15, 0.2) is 0 Å². The smallest absolute Gasteiger partial charge is 0.250 e. The lowest BCUT2D eigenvalue weighted by Crippen LogP contribution is -2.45. The fraction of sp³-hybridized carbons (Fsp3) is 0.667. The van der Waals surface area contributed by atoms with Crippen LogP contribution in [0.2, 0.25) is 0 Å². The minimum absolute atomic E-state index is 0.394. The molecule has 1 atom stereocenters. The number of hydrogen-bond acceptors (Lipinski definition) is 4. The van der Waals surface area contributed by atoms with Crippen molar-refractivity contribution in [1.82, 2.24) is 16.2 Å². The Bertz CT molecular complexity index is 97.5. The summed E-state index contributed by atoms with van der Waals surface area (Å²) in [5.74, 6) is -0.394. The number of amides is 1. The summed E-state index contributed by atoms with van der Waals surface area (Å²) < 4.78 is 0. The lowest BCUT2D eigenvalue weighted by atomic mass is 10.5. The zero-order chi connectivity index (χ0) is 5.98. The molecule has 8 heavy (non-hydrogen) atoms. The van der Waals surface area contributed by atoms with Crippen LogP contribution in [0.4, 0.5) is 0 Å². The van der Waals surface area contributed by atoms with Crippen LogP contribution in [0.25, 0.3) is 0 Å². The van der Waals surface area contributed by atoms with E-state index in [1.54, 1.807) is 0 Å². The van der Waals surface area contributed by atoms with E-state index in [4.69, 9.17) is 5.73 Å². The predicted octanol–water partition coefficient (Wildman–Crippen LogP) is -2.55. The van der Waals surface area contributed by atoms with Crippen LogP contribution in [-0.2, 0) is 4.79 Å². The van der Waals surface area contributed by atoms with Crippen molar-refractivity contribution in [2.45, 2.75) is 6.17 Å². The number of hydrazine groups is 1. The first-order valence-electron chi connectivity index (χ1n) is 2.32. The first kappa shape index (κ1) is 5.49. The van der Waals surface area contributed by atoms with Gasteiger partial charge >= 0.3 is 0 Å². The van der Waals surface area contributed by atoms with Crippen LogP contribution in [0, 0.1) is 0 Å². The average Bonchev–Trinajstić information content (AvgIpc) is 2.12. The van der Waals surface area contributed by atoms with E-state index in [1.165, 1.54) is 0 Å². The standard InChI is InChI=1S/C3H8N4O/c4-2(8)3-5-1-6-7-3/h3,5-7H,1H2,(H2,4,8). The third-order valence-corrected chi connectivity index (χ3v) is 0.925. The Kier molecular flexibility index (Phi) is 1.43. The fourth-order valence-electron chi connectivity index (χ4n) is 0.529. The summed E-state index contributed by atoms with van der Waals surface area (Å²) in [6, 6.07) is 0. The van der Waals surface area contributed by atoms with Gasteiger partial charge in [-0.3, -0.25) is 10.1 Å². The van der Waals surface area contributed by atoms with Gasteiger partial charge in [0.05, 0.1) is 6.67 Å². The molecule has 1 unspecified atom stereocenters. The Balaban J connectivity index is 2.35. The van der Waals surface area contributed by atoms with Gasteiger partial charge in [0.1, 0.15) is 0 Å². The molecule has 0 aliphatic carbocycles. The molecule has 0 aromatic carbocycles. The van der Waals surface area contributed by atoms with E-state index >= 15 is 0 Å². The van der Waals surface area contributed by atoms with Crippen LogP contribution in [0.5, 0.6) is 0 Å². The van der Waals surface area contributed by atoms with E-state index in [-0.39, 0.29) is 0 Å². The van der Waals surface area contributed by atoms with Crippen molar-refractivity contribution < 1.29 is 4.79 Å². The van der Waals surface area contributed by atoms with E-state index in [0.717, 1.165) is 0 Å². The third kappa shape index (κ3) is 0.945. The molecule has 1 saturated heterocycles. The van der Waals surface area contributed by atoms with Gasteiger partial charge in [-0.1, -0.05) is 0 Å². The largest absolute Gasteiger partial charge is 0.367 e. The predicted molar refractivity (Wildman–Crippen MR) is 27.3 cm³/mol. The lowest BCUT2D eigenvalue weighted by molar-refractivity contribution is -0.120. The highest BCUT2D eigenvalue weighted by Crippen LogP contribution is 1.75. The Morgan fingerprint density at radius 3 is 2.75 bits per heavy atom. The molecule has 1 heterocycles. The van der Waals surface area contributed by atoms with Crippen LogP contribution in [-0.4, -0.2) is 18.7 Å². The molecule has 0 spiro atoms. The van der Waals surface area contributed by atoms with E-state index in [0.29, 0.717) is 6.67 Å². The summed E-state index contributed by atoms with van der Waals surface area (Å²) in [5.41, 5.74) is 10.2. The highest BCUT2D eigenvalue weighted by molar-refractivity contribution is 5.79. The molecule has 0 aromatic heterocycles. The van der Waals surface area contributed by atoms with Gasteiger partial charge < -0.3 is 5.73 Å². The number of primary amides is 1. The Hall–Kier alpha value is -0.650. The minimum Gasteiger partial charge on any atom is -0.367 e.